The normalized spacial score (nSPS) is 17.7. The van der Waals surface area contributed by atoms with Crippen LogP contribution in [0.4, 0.5) is 5.69 Å². The van der Waals surface area contributed by atoms with Gasteiger partial charge in [0.05, 0.1) is 5.69 Å². The number of hydrogen-bond donors (Lipinski definition) is 0. The minimum absolute atomic E-state index is 0.141. The third-order valence-electron chi connectivity index (χ3n) is 6.44. The molecule has 2 fully saturated rings. The molecule has 1 saturated heterocycles. The van der Waals surface area contributed by atoms with Gasteiger partial charge in [0.1, 0.15) is 12.3 Å². The van der Waals surface area contributed by atoms with Gasteiger partial charge in [0.15, 0.2) is 17.5 Å². The lowest BCUT2D eigenvalue weighted by Gasteiger charge is -2.17. The molecule has 0 bridgehead atoms. The average Bonchev–Trinajstić information content (AvgIpc) is 3.52. The summed E-state index contributed by atoms with van der Waals surface area (Å²) in [4.78, 5) is 53.0. The molecule has 1 aliphatic carbocycles. The Labute approximate surface area is 201 Å². The van der Waals surface area contributed by atoms with Gasteiger partial charge in [0.2, 0.25) is 5.91 Å². The van der Waals surface area contributed by atoms with Gasteiger partial charge in [-0.15, -0.1) is 5.10 Å². The predicted octanol–water partition coefficient (Wildman–Crippen LogP) is 1.75. The van der Waals surface area contributed by atoms with Crippen LogP contribution in [0.5, 0.6) is 5.75 Å². The monoisotopic (exact) mass is 477 g/mol. The number of anilines is 1. The zero-order valence-electron chi connectivity index (χ0n) is 19.7. The summed E-state index contributed by atoms with van der Waals surface area (Å²) in [6.07, 6.45) is 4.25. The van der Waals surface area contributed by atoms with E-state index in [0.717, 1.165) is 17.5 Å². The Bertz CT molecular complexity index is 1350. The van der Waals surface area contributed by atoms with Crippen LogP contribution in [0.2, 0.25) is 0 Å². The summed E-state index contributed by atoms with van der Waals surface area (Å²) in [7, 11) is 3.23. The Morgan fingerprint density at radius 3 is 2.49 bits per heavy atom. The van der Waals surface area contributed by atoms with Gasteiger partial charge in [-0.05, 0) is 55.2 Å². The van der Waals surface area contributed by atoms with Crippen LogP contribution in [0, 0.1) is 5.92 Å². The van der Waals surface area contributed by atoms with E-state index in [1.165, 1.54) is 9.30 Å². The van der Waals surface area contributed by atoms with Gasteiger partial charge in [0, 0.05) is 45.2 Å². The molecule has 10 heteroatoms. The van der Waals surface area contributed by atoms with Crippen molar-refractivity contribution in [3.05, 3.63) is 58.6 Å². The molecule has 0 spiro atoms. The van der Waals surface area contributed by atoms with E-state index in [0.29, 0.717) is 48.0 Å². The highest BCUT2D eigenvalue weighted by atomic mass is 16.5. The standard InChI is InChI=1S/C25H27N5O5/c1-27(2)23(32)15-30-25(34)29-14-18(7-10-22(29)26-30)28-12-11-21(24(28)33)35-19-8-5-17(6-9-19)20(31)13-16-3-4-16/h5-10,14,16,21H,3-4,11-13,15H2,1-2H3/t21-/m1/s1. The Kier molecular flexibility index (Phi) is 5.88. The number of pyridine rings is 1. The van der Waals surface area contributed by atoms with Crippen LogP contribution in [-0.2, 0) is 16.1 Å². The maximum absolute atomic E-state index is 13.0. The summed E-state index contributed by atoms with van der Waals surface area (Å²) in [5.74, 6) is 0.756. The summed E-state index contributed by atoms with van der Waals surface area (Å²) >= 11 is 0. The Balaban J connectivity index is 1.27. The molecule has 1 atom stereocenters. The second-order valence-corrected chi connectivity index (χ2v) is 9.32. The molecule has 0 unspecified atom stereocenters. The molecule has 182 valence electrons. The van der Waals surface area contributed by atoms with Gasteiger partial charge in [-0.2, -0.15) is 0 Å². The van der Waals surface area contributed by atoms with Crippen molar-refractivity contribution < 1.29 is 19.1 Å². The van der Waals surface area contributed by atoms with Crippen LogP contribution in [0.25, 0.3) is 5.65 Å². The second-order valence-electron chi connectivity index (χ2n) is 9.32. The summed E-state index contributed by atoms with van der Waals surface area (Å²) in [5.41, 5.74) is 1.15. The molecule has 0 N–H and O–H groups in total. The number of benzene rings is 1. The lowest BCUT2D eigenvalue weighted by molar-refractivity contribution is -0.129. The zero-order chi connectivity index (χ0) is 24.7. The molecule has 3 heterocycles. The first kappa shape index (κ1) is 22.8. The molecule has 0 radical (unpaired) electrons. The van der Waals surface area contributed by atoms with Crippen molar-refractivity contribution in [2.45, 2.75) is 38.3 Å². The second kappa shape index (κ2) is 9.01. The van der Waals surface area contributed by atoms with E-state index in [-0.39, 0.29) is 24.1 Å². The number of carbonyl (C=O) groups is 3. The highest BCUT2D eigenvalue weighted by molar-refractivity contribution is 5.99. The molecule has 1 aromatic carbocycles. The van der Waals surface area contributed by atoms with Crippen molar-refractivity contribution in [3.63, 3.8) is 0 Å². The number of Topliss-reactive ketones (excluding diaryl/α,β-unsaturated/α-hetero) is 1. The SMILES string of the molecule is CN(C)C(=O)Cn1nc2ccc(N3CC[C@@H](Oc4ccc(C(=O)CC5CC5)cc4)C3=O)cn2c1=O. The highest BCUT2D eigenvalue weighted by Crippen LogP contribution is 2.33. The fourth-order valence-electron chi connectivity index (χ4n) is 4.14. The van der Waals surface area contributed by atoms with Gasteiger partial charge in [-0.1, -0.05) is 0 Å². The maximum atomic E-state index is 13.0. The van der Waals surface area contributed by atoms with E-state index in [1.54, 1.807) is 61.6 Å². The average molecular weight is 478 g/mol. The highest BCUT2D eigenvalue weighted by Gasteiger charge is 2.35. The van der Waals surface area contributed by atoms with E-state index in [9.17, 15) is 19.2 Å². The minimum Gasteiger partial charge on any atom is -0.481 e. The number of likely N-dealkylation sites (N-methyl/N-ethyl adjacent to an activating group) is 1. The molecule has 35 heavy (non-hydrogen) atoms. The first-order valence-electron chi connectivity index (χ1n) is 11.7. The van der Waals surface area contributed by atoms with E-state index in [2.05, 4.69) is 5.10 Å². The third-order valence-corrected chi connectivity index (χ3v) is 6.44. The molecule has 1 aliphatic heterocycles. The smallest absolute Gasteiger partial charge is 0.350 e. The van der Waals surface area contributed by atoms with E-state index in [1.807, 2.05) is 0 Å². The molecule has 3 aromatic rings. The number of ether oxygens (including phenoxy) is 1. The largest absolute Gasteiger partial charge is 0.481 e. The van der Waals surface area contributed by atoms with Crippen LogP contribution in [-0.4, -0.2) is 63.4 Å². The fourth-order valence-corrected chi connectivity index (χ4v) is 4.14. The summed E-state index contributed by atoms with van der Waals surface area (Å²) < 4.78 is 8.36. The first-order valence-corrected chi connectivity index (χ1v) is 11.7. The molecule has 1 saturated carbocycles. The quantitative estimate of drug-likeness (QED) is 0.458. The van der Waals surface area contributed by atoms with Crippen molar-refractivity contribution >= 4 is 28.9 Å². The van der Waals surface area contributed by atoms with Crippen molar-refractivity contribution in [2.24, 2.45) is 5.92 Å². The van der Waals surface area contributed by atoms with Gasteiger partial charge in [0.25, 0.3) is 5.91 Å². The van der Waals surface area contributed by atoms with Gasteiger partial charge < -0.3 is 14.5 Å². The van der Waals surface area contributed by atoms with E-state index >= 15 is 0 Å². The van der Waals surface area contributed by atoms with Crippen molar-refractivity contribution in [1.82, 2.24) is 19.1 Å². The fraction of sp³-hybridized carbons (Fsp3) is 0.400. The lowest BCUT2D eigenvalue weighted by atomic mass is 10.1. The molecule has 5 rings (SSSR count). The van der Waals surface area contributed by atoms with Crippen molar-refractivity contribution in [1.29, 1.82) is 0 Å². The van der Waals surface area contributed by atoms with Crippen LogP contribution in [0.1, 0.15) is 36.0 Å². The number of fused-ring (bicyclic) bond motifs is 1. The van der Waals surface area contributed by atoms with Crippen LogP contribution in [0.15, 0.2) is 47.4 Å². The lowest BCUT2D eigenvalue weighted by Crippen LogP contribution is -2.33. The molecule has 2 aromatic heterocycles. The van der Waals surface area contributed by atoms with Crippen LogP contribution in [0.3, 0.4) is 0 Å². The van der Waals surface area contributed by atoms with Crippen molar-refractivity contribution in [2.75, 3.05) is 25.5 Å². The first-order chi connectivity index (χ1) is 16.8. The zero-order valence-corrected chi connectivity index (χ0v) is 19.7. The van der Waals surface area contributed by atoms with Gasteiger partial charge >= 0.3 is 5.69 Å². The summed E-state index contributed by atoms with van der Waals surface area (Å²) in [5, 5.41) is 4.20. The molecule has 2 amide bonds. The van der Waals surface area contributed by atoms with Crippen molar-refractivity contribution in [3.8, 4) is 5.75 Å². The minimum atomic E-state index is -0.657. The number of carbonyl (C=O) groups excluding carboxylic acids is 3. The molecular formula is C25H27N5O5. The molecule has 2 aliphatic rings. The Hall–Kier alpha value is -3.95. The summed E-state index contributed by atoms with van der Waals surface area (Å²) in [6, 6.07) is 10.3. The summed E-state index contributed by atoms with van der Waals surface area (Å²) in [6.45, 7) is 0.279. The number of amides is 2. The number of ketones is 1. The van der Waals surface area contributed by atoms with Gasteiger partial charge in [-0.25, -0.2) is 13.9 Å². The van der Waals surface area contributed by atoms with Crippen LogP contribution < -0.4 is 15.3 Å². The van der Waals surface area contributed by atoms with E-state index in [4.69, 9.17) is 4.74 Å². The molecule has 10 nitrogen and oxygen atoms in total. The number of aromatic nitrogens is 3. The van der Waals surface area contributed by atoms with E-state index < -0.39 is 11.8 Å². The number of hydrogen-bond acceptors (Lipinski definition) is 6. The Morgan fingerprint density at radius 2 is 1.80 bits per heavy atom. The topological polar surface area (TPSA) is 106 Å². The third kappa shape index (κ3) is 4.68. The Morgan fingerprint density at radius 1 is 1.06 bits per heavy atom. The number of rotatable bonds is 8. The maximum Gasteiger partial charge on any atom is 0.350 e. The van der Waals surface area contributed by atoms with Gasteiger partial charge in [-0.3, -0.25) is 14.4 Å². The van der Waals surface area contributed by atoms with Crippen LogP contribution >= 0.6 is 0 Å². The molecular weight excluding hydrogens is 450 g/mol. The number of nitrogens with zero attached hydrogens (tertiary/aromatic N) is 5. The predicted molar refractivity (Wildman–Crippen MR) is 128 cm³/mol.